The zero-order valence-electron chi connectivity index (χ0n) is 11.9. The highest BCUT2D eigenvalue weighted by atomic mass is 79.9. The lowest BCUT2D eigenvalue weighted by molar-refractivity contribution is 0.895. The van der Waals surface area contributed by atoms with Gasteiger partial charge in [0.2, 0.25) is 5.95 Å². The normalized spacial score (nSPS) is 10.8. The van der Waals surface area contributed by atoms with Crippen molar-refractivity contribution in [1.29, 1.82) is 0 Å². The Kier molecular flexibility index (Phi) is 3.76. The van der Waals surface area contributed by atoms with Gasteiger partial charge in [-0.05, 0) is 17.7 Å². The molecule has 7 nitrogen and oxygen atoms in total. The highest BCUT2D eigenvalue weighted by Gasteiger charge is 2.10. The van der Waals surface area contributed by atoms with Gasteiger partial charge in [0.25, 0.3) is 0 Å². The summed E-state index contributed by atoms with van der Waals surface area (Å²) in [6, 6.07) is 8.09. The lowest BCUT2D eigenvalue weighted by Gasteiger charge is -2.18. The molecule has 2 heterocycles. The predicted molar refractivity (Wildman–Crippen MR) is 90.2 cm³/mol. The molecule has 112 valence electrons. The summed E-state index contributed by atoms with van der Waals surface area (Å²) in [5, 5.41) is 0. The van der Waals surface area contributed by atoms with Crippen LogP contribution in [0.2, 0.25) is 0 Å². The first kappa shape index (κ1) is 14.5. The van der Waals surface area contributed by atoms with E-state index in [9.17, 15) is 0 Å². The number of benzene rings is 1. The van der Waals surface area contributed by atoms with E-state index in [4.69, 9.17) is 11.5 Å². The SMILES string of the molecule is CN(Cc1cccc(Br)c1)c1cnc2nc(N)nc(N)c2n1. The van der Waals surface area contributed by atoms with Crippen molar-refractivity contribution < 1.29 is 0 Å². The second kappa shape index (κ2) is 5.72. The average molecular weight is 360 g/mol. The molecule has 0 aliphatic rings. The van der Waals surface area contributed by atoms with Gasteiger partial charge in [0.15, 0.2) is 17.0 Å². The van der Waals surface area contributed by atoms with Crippen LogP contribution in [0.25, 0.3) is 11.2 Å². The molecular weight excluding hydrogens is 346 g/mol. The van der Waals surface area contributed by atoms with Gasteiger partial charge in [-0.2, -0.15) is 9.97 Å². The molecule has 0 unspecified atom stereocenters. The highest BCUT2D eigenvalue weighted by Crippen LogP contribution is 2.20. The van der Waals surface area contributed by atoms with Crippen molar-refractivity contribution in [1.82, 2.24) is 19.9 Å². The highest BCUT2D eigenvalue weighted by molar-refractivity contribution is 9.10. The maximum absolute atomic E-state index is 5.84. The first-order valence-electron chi connectivity index (χ1n) is 6.54. The number of rotatable bonds is 3. The summed E-state index contributed by atoms with van der Waals surface area (Å²) in [5.74, 6) is 1.01. The molecule has 8 heteroatoms. The number of nitrogens with zero attached hydrogens (tertiary/aromatic N) is 5. The summed E-state index contributed by atoms with van der Waals surface area (Å²) in [7, 11) is 1.94. The second-order valence-electron chi connectivity index (χ2n) is 4.85. The van der Waals surface area contributed by atoms with Crippen LogP contribution >= 0.6 is 15.9 Å². The number of aromatic nitrogens is 4. The molecule has 0 radical (unpaired) electrons. The van der Waals surface area contributed by atoms with Crippen molar-refractivity contribution in [3.63, 3.8) is 0 Å². The molecule has 0 saturated heterocycles. The maximum Gasteiger partial charge on any atom is 0.224 e. The van der Waals surface area contributed by atoms with Crippen molar-refractivity contribution in [2.75, 3.05) is 23.4 Å². The van der Waals surface area contributed by atoms with Gasteiger partial charge in [-0.3, -0.25) is 0 Å². The quantitative estimate of drug-likeness (QED) is 0.735. The number of halogens is 1. The predicted octanol–water partition coefficient (Wildman–Crippen LogP) is 1.98. The third-order valence-electron chi connectivity index (χ3n) is 3.14. The molecule has 4 N–H and O–H groups in total. The number of hydrogen-bond donors (Lipinski definition) is 2. The molecule has 0 amide bonds. The molecule has 0 fully saturated rings. The van der Waals surface area contributed by atoms with E-state index in [0.717, 1.165) is 10.0 Å². The minimum atomic E-state index is 0.0922. The van der Waals surface area contributed by atoms with Gasteiger partial charge in [0.1, 0.15) is 5.82 Å². The number of nitrogens with two attached hydrogens (primary N) is 2. The van der Waals surface area contributed by atoms with Crippen LogP contribution in [0.4, 0.5) is 17.6 Å². The molecule has 0 saturated carbocycles. The van der Waals surface area contributed by atoms with Gasteiger partial charge in [0.05, 0.1) is 6.20 Å². The van der Waals surface area contributed by atoms with Crippen LogP contribution in [0.3, 0.4) is 0 Å². The Bertz CT molecular complexity index is 837. The van der Waals surface area contributed by atoms with Crippen LogP contribution in [0.5, 0.6) is 0 Å². The average Bonchev–Trinajstić information content (AvgIpc) is 2.46. The Morgan fingerprint density at radius 1 is 1.18 bits per heavy atom. The Balaban J connectivity index is 1.92. The third-order valence-corrected chi connectivity index (χ3v) is 3.63. The van der Waals surface area contributed by atoms with Gasteiger partial charge >= 0.3 is 0 Å². The van der Waals surface area contributed by atoms with Crippen molar-refractivity contribution in [3.8, 4) is 0 Å². The smallest absolute Gasteiger partial charge is 0.224 e. The van der Waals surface area contributed by atoms with Crippen molar-refractivity contribution in [2.45, 2.75) is 6.54 Å². The maximum atomic E-state index is 5.84. The fourth-order valence-corrected chi connectivity index (χ4v) is 2.56. The summed E-state index contributed by atoms with van der Waals surface area (Å²) in [6.07, 6.45) is 1.65. The molecule has 0 atom stereocenters. The number of anilines is 3. The molecule has 0 aliphatic carbocycles. The van der Waals surface area contributed by atoms with Crippen LogP contribution in [-0.4, -0.2) is 27.0 Å². The van der Waals surface area contributed by atoms with Crippen LogP contribution in [0.1, 0.15) is 5.56 Å². The fourth-order valence-electron chi connectivity index (χ4n) is 2.11. The van der Waals surface area contributed by atoms with E-state index in [1.165, 1.54) is 0 Å². The zero-order valence-corrected chi connectivity index (χ0v) is 13.4. The molecular formula is C14H14BrN7. The Hall–Kier alpha value is -2.48. The standard InChI is InChI=1S/C14H14BrN7/c1-22(7-8-3-2-4-9(15)5-8)10-6-18-13-11(19-10)12(16)20-14(17)21-13/h2-6H,7H2,1H3,(H4,16,17,18,20,21). The van der Waals surface area contributed by atoms with Crippen molar-refractivity contribution in [2.24, 2.45) is 0 Å². The van der Waals surface area contributed by atoms with Gasteiger partial charge in [0, 0.05) is 18.1 Å². The lowest BCUT2D eigenvalue weighted by atomic mass is 10.2. The van der Waals surface area contributed by atoms with Crippen LogP contribution in [-0.2, 0) is 6.54 Å². The Labute approximate surface area is 135 Å². The Morgan fingerprint density at radius 2 is 2.00 bits per heavy atom. The monoisotopic (exact) mass is 359 g/mol. The van der Waals surface area contributed by atoms with E-state index < -0.39 is 0 Å². The van der Waals surface area contributed by atoms with E-state index >= 15 is 0 Å². The van der Waals surface area contributed by atoms with E-state index in [0.29, 0.717) is 23.5 Å². The zero-order chi connectivity index (χ0) is 15.7. The van der Waals surface area contributed by atoms with Crippen LogP contribution < -0.4 is 16.4 Å². The van der Waals surface area contributed by atoms with Crippen LogP contribution in [0.15, 0.2) is 34.9 Å². The lowest BCUT2D eigenvalue weighted by Crippen LogP contribution is -2.18. The first-order chi connectivity index (χ1) is 10.5. The Morgan fingerprint density at radius 3 is 2.77 bits per heavy atom. The molecule has 0 bridgehead atoms. The number of hydrogen-bond acceptors (Lipinski definition) is 7. The molecule has 0 spiro atoms. The van der Waals surface area contributed by atoms with Crippen molar-refractivity contribution >= 4 is 44.7 Å². The van der Waals surface area contributed by atoms with E-state index in [2.05, 4.69) is 41.9 Å². The van der Waals surface area contributed by atoms with Gasteiger partial charge in [-0.25, -0.2) is 9.97 Å². The summed E-state index contributed by atoms with van der Waals surface area (Å²) in [5.41, 5.74) is 13.4. The molecule has 1 aromatic carbocycles. The van der Waals surface area contributed by atoms with E-state index in [1.807, 2.05) is 30.1 Å². The topological polar surface area (TPSA) is 107 Å². The van der Waals surface area contributed by atoms with E-state index in [1.54, 1.807) is 6.20 Å². The molecule has 22 heavy (non-hydrogen) atoms. The summed E-state index contributed by atoms with van der Waals surface area (Å²) < 4.78 is 1.04. The molecule has 3 aromatic rings. The van der Waals surface area contributed by atoms with Gasteiger partial charge in [-0.1, -0.05) is 28.1 Å². The minimum absolute atomic E-state index is 0.0922. The third kappa shape index (κ3) is 2.91. The first-order valence-corrected chi connectivity index (χ1v) is 7.33. The van der Waals surface area contributed by atoms with Crippen LogP contribution in [0, 0.1) is 0 Å². The van der Waals surface area contributed by atoms with Gasteiger partial charge < -0.3 is 16.4 Å². The van der Waals surface area contributed by atoms with Gasteiger partial charge in [-0.15, -0.1) is 0 Å². The van der Waals surface area contributed by atoms with Crippen molar-refractivity contribution in [3.05, 3.63) is 40.5 Å². The number of fused-ring (bicyclic) bond motifs is 1. The molecule has 2 aromatic heterocycles. The summed E-state index contributed by atoms with van der Waals surface area (Å²) >= 11 is 3.47. The second-order valence-corrected chi connectivity index (χ2v) is 5.77. The fraction of sp³-hybridized carbons (Fsp3) is 0.143. The number of nitrogen functional groups attached to an aromatic ring is 2. The summed E-state index contributed by atoms with van der Waals surface area (Å²) in [6.45, 7) is 0.690. The molecule has 0 aliphatic heterocycles. The van der Waals surface area contributed by atoms with E-state index in [-0.39, 0.29) is 11.8 Å². The molecule has 3 rings (SSSR count). The largest absolute Gasteiger partial charge is 0.382 e. The minimum Gasteiger partial charge on any atom is -0.382 e. The summed E-state index contributed by atoms with van der Waals surface area (Å²) in [4.78, 5) is 18.7.